The van der Waals surface area contributed by atoms with Gasteiger partial charge in [-0.2, -0.15) is 5.10 Å². The molecule has 1 heterocycles. The van der Waals surface area contributed by atoms with E-state index in [4.69, 9.17) is 9.47 Å². The van der Waals surface area contributed by atoms with Gasteiger partial charge in [0.05, 0.1) is 18.9 Å². The van der Waals surface area contributed by atoms with Crippen LogP contribution in [0.25, 0.3) is 5.57 Å². The molecule has 0 radical (unpaired) electrons. The second-order valence-corrected chi connectivity index (χ2v) is 8.28. The molecule has 1 aliphatic heterocycles. The molecule has 6 nitrogen and oxygen atoms in total. The Morgan fingerprint density at radius 2 is 1.91 bits per heavy atom. The molecule has 170 valence electrons. The first-order valence-corrected chi connectivity index (χ1v) is 10.6. The van der Waals surface area contributed by atoms with Gasteiger partial charge in [0.25, 0.3) is 5.91 Å². The molecule has 32 heavy (non-hydrogen) atoms. The fraction of sp³-hybridized carbons (Fsp3) is 0.360. The summed E-state index contributed by atoms with van der Waals surface area (Å²) in [6, 6.07) is 10.2. The van der Waals surface area contributed by atoms with Crippen LogP contribution in [-0.2, 0) is 4.79 Å². The van der Waals surface area contributed by atoms with Gasteiger partial charge in [-0.05, 0) is 69.2 Å². The minimum atomic E-state index is -0.442. The fourth-order valence-electron chi connectivity index (χ4n) is 3.87. The number of carbonyl (C=O) groups is 1. The number of fused-ring (bicyclic) bond motifs is 1. The predicted octanol–water partition coefficient (Wildman–Crippen LogP) is 4.78. The lowest BCUT2D eigenvalue weighted by Gasteiger charge is -2.43. The third kappa shape index (κ3) is 5.28. The van der Waals surface area contributed by atoms with Gasteiger partial charge in [-0.1, -0.05) is 13.0 Å². The van der Waals surface area contributed by atoms with Crippen molar-refractivity contribution in [2.24, 2.45) is 5.10 Å². The lowest BCUT2D eigenvalue weighted by Crippen LogP contribution is -2.45. The second-order valence-electron chi connectivity index (χ2n) is 8.28. The summed E-state index contributed by atoms with van der Waals surface area (Å²) in [4.78, 5) is 14.2. The molecule has 0 fully saturated rings. The maximum atomic E-state index is 14.8. The van der Waals surface area contributed by atoms with Gasteiger partial charge < -0.3 is 14.4 Å². The van der Waals surface area contributed by atoms with E-state index in [0.29, 0.717) is 17.1 Å². The lowest BCUT2D eigenvalue weighted by atomic mass is 9.88. The number of halogens is 1. The number of hydrogen-bond donors (Lipinski definition) is 1. The Balaban J connectivity index is 1.67. The highest BCUT2D eigenvalue weighted by Gasteiger charge is 2.31. The molecule has 2 aromatic rings. The number of anilines is 1. The maximum Gasteiger partial charge on any atom is 0.277 e. The number of nitrogens with one attached hydrogen (secondary N) is 1. The summed E-state index contributed by atoms with van der Waals surface area (Å²) >= 11 is 0. The van der Waals surface area contributed by atoms with Gasteiger partial charge in [-0.3, -0.25) is 4.79 Å². The molecule has 0 bridgehead atoms. The SMILES string of the molecule is CCCN1c2cc(F)c(/C=N/NC(=O)COc3ccc(OC)cc3)cc2C(C)=CC1(C)C. The molecule has 0 aliphatic carbocycles. The molecule has 7 heteroatoms. The van der Waals surface area contributed by atoms with E-state index in [0.717, 1.165) is 29.8 Å². The first kappa shape index (κ1) is 23.3. The molecule has 2 aromatic carbocycles. The second kappa shape index (κ2) is 9.85. The average Bonchev–Trinajstić information content (AvgIpc) is 2.76. The van der Waals surface area contributed by atoms with Crippen LogP contribution in [0.15, 0.2) is 47.6 Å². The lowest BCUT2D eigenvalue weighted by molar-refractivity contribution is -0.123. The Labute approximate surface area is 188 Å². The Hall–Kier alpha value is -3.35. The van der Waals surface area contributed by atoms with Crippen LogP contribution in [0.1, 0.15) is 45.2 Å². The van der Waals surface area contributed by atoms with Gasteiger partial charge in [0.2, 0.25) is 0 Å². The van der Waals surface area contributed by atoms with E-state index < -0.39 is 5.91 Å². The van der Waals surface area contributed by atoms with Crippen LogP contribution in [0.5, 0.6) is 11.5 Å². The number of hydrogen-bond acceptors (Lipinski definition) is 5. The highest BCUT2D eigenvalue weighted by atomic mass is 19.1. The van der Waals surface area contributed by atoms with Crippen LogP contribution >= 0.6 is 0 Å². The van der Waals surface area contributed by atoms with E-state index in [2.05, 4.69) is 42.3 Å². The molecule has 0 aromatic heterocycles. The summed E-state index contributed by atoms with van der Waals surface area (Å²) in [5, 5.41) is 3.90. The van der Waals surface area contributed by atoms with Crippen LogP contribution in [0.4, 0.5) is 10.1 Å². The van der Waals surface area contributed by atoms with Crippen molar-refractivity contribution in [2.45, 2.75) is 39.7 Å². The smallest absolute Gasteiger partial charge is 0.277 e. The molecular weight excluding hydrogens is 409 g/mol. The molecule has 1 N–H and O–H groups in total. The van der Waals surface area contributed by atoms with Gasteiger partial charge in [-0.15, -0.1) is 0 Å². The number of hydrazone groups is 1. The minimum Gasteiger partial charge on any atom is -0.497 e. The summed E-state index contributed by atoms with van der Waals surface area (Å²) < 4.78 is 25.3. The van der Waals surface area contributed by atoms with Crippen molar-refractivity contribution in [2.75, 3.05) is 25.2 Å². The van der Waals surface area contributed by atoms with Crippen LogP contribution in [0.3, 0.4) is 0 Å². The zero-order chi connectivity index (χ0) is 23.3. The van der Waals surface area contributed by atoms with Crippen LogP contribution in [-0.4, -0.2) is 37.9 Å². The van der Waals surface area contributed by atoms with E-state index in [1.165, 1.54) is 6.21 Å². The Bertz CT molecular complexity index is 1030. The third-order valence-electron chi connectivity index (χ3n) is 5.37. The first-order chi connectivity index (χ1) is 15.2. The van der Waals surface area contributed by atoms with E-state index in [9.17, 15) is 9.18 Å². The first-order valence-electron chi connectivity index (χ1n) is 10.6. The van der Waals surface area contributed by atoms with Crippen molar-refractivity contribution in [3.8, 4) is 11.5 Å². The molecule has 0 atom stereocenters. The fourth-order valence-corrected chi connectivity index (χ4v) is 3.87. The van der Waals surface area contributed by atoms with Gasteiger partial charge in [0, 0.05) is 23.4 Å². The van der Waals surface area contributed by atoms with E-state index in [1.807, 2.05) is 6.92 Å². The molecule has 1 amide bonds. The molecule has 0 spiro atoms. The Kier molecular flexibility index (Phi) is 7.18. The molecule has 0 unspecified atom stereocenters. The van der Waals surface area contributed by atoms with Crippen molar-refractivity contribution in [3.05, 3.63) is 59.4 Å². The standard InChI is InChI=1S/C25H30FN3O3/c1-6-11-29-23-13-22(26)18(12-21(23)17(2)14-25(29,3)4)15-27-28-24(30)16-32-20-9-7-19(31-5)8-10-20/h7-10,12-15H,6,11,16H2,1-5H3,(H,28,30)/b27-15+. The monoisotopic (exact) mass is 439 g/mol. The highest BCUT2D eigenvalue weighted by molar-refractivity contribution is 5.89. The number of methoxy groups -OCH3 is 1. The van der Waals surface area contributed by atoms with Gasteiger partial charge >= 0.3 is 0 Å². The molecule has 0 saturated heterocycles. The number of benzene rings is 2. The van der Waals surface area contributed by atoms with Crippen LogP contribution in [0, 0.1) is 5.82 Å². The Morgan fingerprint density at radius 3 is 2.56 bits per heavy atom. The quantitative estimate of drug-likeness (QED) is 0.475. The van der Waals surface area contributed by atoms with Gasteiger partial charge in [-0.25, -0.2) is 9.82 Å². The summed E-state index contributed by atoms with van der Waals surface area (Å²) in [6.07, 6.45) is 4.48. The third-order valence-corrected chi connectivity index (χ3v) is 5.37. The van der Waals surface area contributed by atoms with E-state index in [1.54, 1.807) is 43.5 Å². The molecule has 3 rings (SSSR count). The number of rotatable bonds is 8. The van der Waals surface area contributed by atoms with Gasteiger partial charge in [0.15, 0.2) is 6.61 Å². The van der Waals surface area contributed by atoms with Gasteiger partial charge in [0.1, 0.15) is 17.3 Å². The highest BCUT2D eigenvalue weighted by Crippen LogP contribution is 2.39. The number of amides is 1. The van der Waals surface area contributed by atoms with Crippen molar-refractivity contribution in [1.29, 1.82) is 0 Å². The van der Waals surface area contributed by atoms with Crippen molar-refractivity contribution in [3.63, 3.8) is 0 Å². The van der Waals surface area contributed by atoms with Crippen LogP contribution < -0.4 is 19.8 Å². The predicted molar refractivity (Wildman–Crippen MR) is 126 cm³/mol. The van der Waals surface area contributed by atoms with Crippen molar-refractivity contribution < 1.29 is 18.7 Å². The normalized spacial score (nSPS) is 14.7. The summed E-state index contributed by atoms with van der Waals surface area (Å²) in [7, 11) is 1.58. The van der Waals surface area contributed by atoms with Crippen molar-refractivity contribution >= 4 is 23.4 Å². The Morgan fingerprint density at radius 1 is 1.22 bits per heavy atom. The topological polar surface area (TPSA) is 63.2 Å². The largest absolute Gasteiger partial charge is 0.497 e. The summed E-state index contributed by atoms with van der Waals surface area (Å²) in [5.41, 5.74) is 5.43. The number of allylic oxidation sites excluding steroid dienone is 1. The van der Waals surface area contributed by atoms with Crippen LogP contribution in [0.2, 0.25) is 0 Å². The maximum absolute atomic E-state index is 14.8. The minimum absolute atomic E-state index is 0.188. The van der Waals surface area contributed by atoms with E-state index >= 15 is 0 Å². The zero-order valence-electron chi connectivity index (χ0n) is 19.2. The van der Waals surface area contributed by atoms with Crippen molar-refractivity contribution in [1.82, 2.24) is 5.43 Å². The number of ether oxygens (including phenoxy) is 2. The molecule has 1 aliphatic rings. The summed E-state index contributed by atoms with van der Waals surface area (Å²) in [6.45, 7) is 9.03. The zero-order valence-corrected chi connectivity index (χ0v) is 19.2. The molecular formula is C25H30FN3O3. The summed E-state index contributed by atoms with van der Waals surface area (Å²) in [5.74, 6) is 0.405. The number of carbonyl (C=O) groups excluding carboxylic acids is 1. The average molecular weight is 440 g/mol. The van der Waals surface area contributed by atoms with E-state index in [-0.39, 0.29) is 18.0 Å². The molecule has 0 saturated carbocycles. The number of nitrogens with zero attached hydrogens (tertiary/aromatic N) is 2.